The number of methoxy groups -OCH3 is 1. The summed E-state index contributed by atoms with van der Waals surface area (Å²) in [5, 5.41) is 4.87. The molecule has 0 atom stereocenters. The molecule has 0 saturated heterocycles. The molecule has 2 aromatic carbocycles. The largest absolute Gasteiger partial charge is 0.496 e. The van der Waals surface area contributed by atoms with Gasteiger partial charge in [-0.3, -0.25) is 4.79 Å². The number of hydrogen-bond donors (Lipinski definition) is 1. The van der Waals surface area contributed by atoms with Crippen molar-refractivity contribution in [2.24, 2.45) is 5.10 Å². The normalized spacial score (nSPS) is 10.7. The van der Waals surface area contributed by atoms with Crippen molar-refractivity contribution >= 4 is 51.3 Å². The van der Waals surface area contributed by atoms with Crippen LogP contribution in [-0.4, -0.2) is 19.2 Å². The number of hydrazone groups is 1. The van der Waals surface area contributed by atoms with Gasteiger partial charge in [-0.25, -0.2) is 5.43 Å². The van der Waals surface area contributed by atoms with E-state index in [4.69, 9.17) is 27.9 Å². The first-order valence-corrected chi connectivity index (χ1v) is 7.68. The fourth-order valence-electron chi connectivity index (χ4n) is 1.64. The predicted octanol–water partition coefficient (Wildman–Crippen LogP) is 4.53. The topological polar surface area (TPSA) is 50.7 Å². The Morgan fingerprint density at radius 3 is 2.68 bits per heavy atom. The Hall–Kier alpha value is -1.56. The molecular formula is C15H11BrCl2N2O2. The van der Waals surface area contributed by atoms with E-state index in [9.17, 15) is 4.79 Å². The van der Waals surface area contributed by atoms with Crippen LogP contribution in [0, 0.1) is 0 Å². The minimum atomic E-state index is -0.343. The number of carbonyl (C=O) groups is 1. The Morgan fingerprint density at radius 1 is 1.27 bits per heavy atom. The van der Waals surface area contributed by atoms with Crippen LogP contribution < -0.4 is 10.2 Å². The van der Waals surface area contributed by atoms with Crippen molar-refractivity contribution in [3.05, 3.63) is 62.0 Å². The molecule has 0 bridgehead atoms. The highest BCUT2D eigenvalue weighted by Gasteiger charge is 2.08. The number of halogens is 3. The summed E-state index contributed by atoms with van der Waals surface area (Å²) in [5.74, 6) is 0.303. The molecule has 0 fully saturated rings. The predicted molar refractivity (Wildman–Crippen MR) is 92.2 cm³/mol. The zero-order valence-electron chi connectivity index (χ0n) is 11.4. The van der Waals surface area contributed by atoms with E-state index in [0.29, 0.717) is 31.4 Å². The van der Waals surface area contributed by atoms with Crippen LogP contribution in [0.4, 0.5) is 0 Å². The summed E-state index contributed by atoms with van der Waals surface area (Å²) in [7, 11) is 1.56. The monoisotopic (exact) mass is 400 g/mol. The number of amides is 1. The first kappa shape index (κ1) is 16.8. The Morgan fingerprint density at radius 2 is 2.05 bits per heavy atom. The lowest BCUT2D eigenvalue weighted by Crippen LogP contribution is -2.17. The lowest BCUT2D eigenvalue weighted by Gasteiger charge is -2.05. The number of hydrogen-bond acceptors (Lipinski definition) is 3. The van der Waals surface area contributed by atoms with Gasteiger partial charge in [-0.15, -0.1) is 0 Å². The summed E-state index contributed by atoms with van der Waals surface area (Å²) in [6.07, 6.45) is 1.45. The van der Waals surface area contributed by atoms with Gasteiger partial charge >= 0.3 is 0 Å². The first-order valence-electron chi connectivity index (χ1n) is 6.13. The van der Waals surface area contributed by atoms with Crippen molar-refractivity contribution in [2.75, 3.05) is 7.11 Å². The molecule has 2 aromatic rings. The Kier molecular flexibility index (Phi) is 5.83. The van der Waals surface area contributed by atoms with E-state index in [0.717, 1.165) is 0 Å². The lowest BCUT2D eigenvalue weighted by molar-refractivity contribution is 0.0955. The van der Waals surface area contributed by atoms with Crippen LogP contribution in [-0.2, 0) is 0 Å². The van der Waals surface area contributed by atoms with Crippen molar-refractivity contribution in [1.29, 1.82) is 0 Å². The molecule has 0 aliphatic heterocycles. The summed E-state index contributed by atoms with van der Waals surface area (Å²) < 4.78 is 5.80. The van der Waals surface area contributed by atoms with E-state index in [-0.39, 0.29) is 5.91 Å². The molecule has 0 spiro atoms. The number of ether oxygens (including phenoxy) is 1. The summed E-state index contributed by atoms with van der Waals surface area (Å²) in [6, 6.07) is 10.00. The van der Waals surface area contributed by atoms with Gasteiger partial charge < -0.3 is 4.74 Å². The number of rotatable bonds is 4. The standard InChI is InChI=1S/C15H11BrCl2N2O2/c1-22-14-5-3-9(6-12(14)16)15(21)20-19-8-10-2-4-11(17)7-13(10)18/h2-8H,1H3,(H,20,21). The summed E-state index contributed by atoms with van der Waals surface area (Å²) in [5.41, 5.74) is 3.54. The third-order valence-electron chi connectivity index (χ3n) is 2.75. The molecule has 114 valence electrons. The van der Waals surface area contributed by atoms with Crippen molar-refractivity contribution in [1.82, 2.24) is 5.43 Å². The van der Waals surface area contributed by atoms with Crippen LogP contribution in [0.2, 0.25) is 10.0 Å². The van der Waals surface area contributed by atoms with E-state index in [1.807, 2.05) is 0 Å². The SMILES string of the molecule is COc1ccc(C(=O)NN=Cc2ccc(Cl)cc2Cl)cc1Br. The molecule has 0 unspecified atom stereocenters. The Balaban J connectivity index is 2.06. The highest BCUT2D eigenvalue weighted by atomic mass is 79.9. The molecule has 0 heterocycles. The zero-order chi connectivity index (χ0) is 16.1. The second kappa shape index (κ2) is 7.63. The fourth-order valence-corrected chi connectivity index (χ4v) is 2.64. The van der Waals surface area contributed by atoms with Gasteiger partial charge in [-0.05, 0) is 46.3 Å². The third kappa shape index (κ3) is 4.22. The van der Waals surface area contributed by atoms with Crippen molar-refractivity contribution in [3.8, 4) is 5.75 Å². The van der Waals surface area contributed by atoms with Crippen LogP contribution in [0.3, 0.4) is 0 Å². The van der Waals surface area contributed by atoms with Crippen molar-refractivity contribution < 1.29 is 9.53 Å². The first-order chi connectivity index (χ1) is 10.5. The number of benzene rings is 2. The van der Waals surface area contributed by atoms with Crippen LogP contribution >= 0.6 is 39.1 Å². The van der Waals surface area contributed by atoms with E-state index in [1.165, 1.54) is 6.21 Å². The van der Waals surface area contributed by atoms with Gasteiger partial charge in [0, 0.05) is 16.1 Å². The maximum Gasteiger partial charge on any atom is 0.271 e. The Bertz CT molecular complexity index is 735. The van der Waals surface area contributed by atoms with E-state index in [2.05, 4.69) is 26.5 Å². The molecule has 0 aliphatic rings. The molecule has 7 heteroatoms. The average Bonchev–Trinajstić information content (AvgIpc) is 2.49. The van der Waals surface area contributed by atoms with Gasteiger partial charge in [0.05, 0.1) is 22.8 Å². The van der Waals surface area contributed by atoms with Crippen LogP contribution in [0.5, 0.6) is 5.75 Å². The van der Waals surface area contributed by atoms with Crippen LogP contribution in [0.15, 0.2) is 46.0 Å². The molecule has 1 N–H and O–H groups in total. The highest BCUT2D eigenvalue weighted by molar-refractivity contribution is 9.10. The second-order valence-electron chi connectivity index (χ2n) is 4.21. The maximum absolute atomic E-state index is 12.0. The molecule has 0 aromatic heterocycles. The number of nitrogens with zero attached hydrogens (tertiary/aromatic N) is 1. The third-order valence-corrected chi connectivity index (χ3v) is 3.93. The summed E-state index contributed by atoms with van der Waals surface area (Å²) in [4.78, 5) is 12.0. The number of carbonyl (C=O) groups excluding carboxylic acids is 1. The minimum Gasteiger partial charge on any atom is -0.496 e. The van der Waals surface area contributed by atoms with Crippen molar-refractivity contribution in [2.45, 2.75) is 0 Å². The average molecular weight is 402 g/mol. The maximum atomic E-state index is 12.0. The molecule has 0 saturated carbocycles. The van der Waals surface area contributed by atoms with Gasteiger partial charge in [0.25, 0.3) is 5.91 Å². The lowest BCUT2D eigenvalue weighted by atomic mass is 10.2. The quantitative estimate of drug-likeness (QED) is 0.604. The Labute approximate surface area is 146 Å². The van der Waals surface area contributed by atoms with Crippen molar-refractivity contribution in [3.63, 3.8) is 0 Å². The molecular weight excluding hydrogens is 391 g/mol. The second-order valence-corrected chi connectivity index (χ2v) is 5.91. The summed E-state index contributed by atoms with van der Waals surface area (Å²) in [6.45, 7) is 0. The van der Waals surface area contributed by atoms with Gasteiger partial charge in [0.2, 0.25) is 0 Å². The number of nitrogens with one attached hydrogen (secondary N) is 1. The van der Waals surface area contributed by atoms with Crippen LogP contribution in [0.25, 0.3) is 0 Å². The van der Waals surface area contributed by atoms with E-state index in [1.54, 1.807) is 43.5 Å². The minimum absolute atomic E-state index is 0.343. The van der Waals surface area contributed by atoms with Gasteiger partial charge in [0.1, 0.15) is 5.75 Å². The van der Waals surface area contributed by atoms with Gasteiger partial charge in [-0.2, -0.15) is 5.10 Å². The molecule has 0 aliphatic carbocycles. The van der Waals surface area contributed by atoms with E-state index < -0.39 is 0 Å². The van der Waals surface area contributed by atoms with Gasteiger partial charge in [-0.1, -0.05) is 29.3 Å². The summed E-state index contributed by atoms with van der Waals surface area (Å²) >= 11 is 15.1. The molecule has 2 rings (SSSR count). The fraction of sp³-hybridized carbons (Fsp3) is 0.0667. The zero-order valence-corrected chi connectivity index (χ0v) is 14.5. The smallest absolute Gasteiger partial charge is 0.271 e. The highest BCUT2D eigenvalue weighted by Crippen LogP contribution is 2.25. The van der Waals surface area contributed by atoms with Crippen LogP contribution in [0.1, 0.15) is 15.9 Å². The molecule has 22 heavy (non-hydrogen) atoms. The molecule has 1 amide bonds. The van der Waals surface area contributed by atoms with E-state index >= 15 is 0 Å². The van der Waals surface area contributed by atoms with Gasteiger partial charge in [0.15, 0.2) is 0 Å². The molecule has 4 nitrogen and oxygen atoms in total. The molecule has 0 radical (unpaired) electrons.